The molecular formula is C19H20ClN7O2. The van der Waals surface area contributed by atoms with Gasteiger partial charge in [0.25, 0.3) is 0 Å². The van der Waals surface area contributed by atoms with E-state index in [9.17, 15) is 4.79 Å². The Balaban J connectivity index is 1.83. The molecule has 3 rings (SSSR count). The maximum absolute atomic E-state index is 12.8. The zero-order valence-corrected chi connectivity index (χ0v) is 16.5. The van der Waals surface area contributed by atoms with E-state index in [4.69, 9.17) is 16.0 Å². The zero-order chi connectivity index (χ0) is 20.6. The van der Waals surface area contributed by atoms with Crippen LogP contribution in [0.5, 0.6) is 0 Å². The Morgan fingerprint density at radius 2 is 2.17 bits per heavy atom. The molecule has 1 aromatic carbocycles. The Morgan fingerprint density at radius 1 is 1.38 bits per heavy atom. The van der Waals surface area contributed by atoms with Gasteiger partial charge < -0.3 is 15.1 Å². The van der Waals surface area contributed by atoms with Gasteiger partial charge in [-0.05, 0) is 43.3 Å². The molecule has 2 N–H and O–H groups in total. The summed E-state index contributed by atoms with van der Waals surface area (Å²) in [5.41, 5.74) is 0.592. The summed E-state index contributed by atoms with van der Waals surface area (Å²) in [4.78, 5) is 12.8. The van der Waals surface area contributed by atoms with Crippen molar-refractivity contribution < 1.29 is 9.21 Å². The first-order valence-electron chi connectivity index (χ1n) is 8.73. The van der Waals surface area contributed by atoms with E-state index >= 15 is 0 Å². The predicted molar refractivity (Wildman–Crippen MR) is 111 cm³/mol. The van der Waals surface area contributed by atoms with Crippen LogP contribution in [0.1, 0.15) is 11.6 Å². The van der Waals surface area contributed by atoms with Gasteiger partial charge in [-0.15, -0.1) is 21.9 Å². The average Bonchev–Trinajstić information content (AvgIpc) is 3.38. The number of rotatable bonds is 6. The van der Waals surface area contributed by atoms with Crippen LogP contribution in [0.25, 0.3) is 0 Å². The van der Waals surface area contributed by atoms with E-state index in [0.29, 0.717) is 34.8 Å². The summed E-state index contributed by atoms with van der Waals surface area (Å²) in [6.07, 6.45) is 4.67. The SMILES string of the molecule is C=CCN(/N=C(/NCc1ccco1)n1cnnc1C)C(=O)Nc1ccc(Cl)cc1. The molecule has 0 aliphatic rings. The summed E-state index contributed by atoms with van der Waals surface area (Å²) in [7, 11) is 0. The quantitative estimate of drug-likeness (QED) is 0.279. The van der Waals surface area contributed by atoms with Crippen LogP contribution in [-0.2, 0) is 6.54 Å². The van der Waals surface area contributed by atoms with Gasteiger partial charge in [0, 0.05) is 10.7 Å². The van der Waals surface area contributed by atoms with Crippen LogP contribution < -0.4 is 10.6 Å². The number of hydrogen-bond acceptors (Lipinski definition) is 5. The number of carbonyl (C=O) groups excluding carboxylic acids is 1. The molecule has 0 spiro atoms. The normalized spacial score (nSPS) is 11.2. The molecule has 0 aliphatic heterocycles. The topological polar surface area (TPSA) is 101 Å². The van der Waals surface area contributed by atoms with Crippen molar-refractivity contribution in [3.63, 3.8) is 0 Å². The van der Waals surface area contributed by atoms with Crippen molar-refractivity contribution in [2.45, 2.75) is 13.5 Å². The van der Waals surface area contributed by atoms with E-state index in [1.54, 1.807) is 54.2 Å². The molecule has 150 valence electrons. The molecule has 2 aromatic heterocycles. The van der Waals surface area contributed by atoms with Gasteiger partial charge in [0.1, 0.15) is 17.9 Å². The first kappa shape index (κ1) is 20.2. The highest BCUT2D eigenvalue weighted by molar-refractivity contribution is 6.30. The van der Waals surface area contributed by atoms with Crippen molar-refractivity contribution >= 4 is 29.3 Å². The smallest absolute Gasteiger partial charge is 0.342 e. The minimum atomic E-state index is -0.435. The number of furan rings is 1. The molecule has 0 fully saturated rings. The second kappa shape index (κ2) is 9.56. The van der Waals surface area contributed by atoms with Crippen LogP contribution in [0.15, 0.2) is 71.2 Å². The lowest BCUT2D eigenvalue weighted by atomic mass is 10.3. The third-order valence-corrected chi connectivity index (χ3v) is 4.05. The molecule has 0 atom stereocenters. The number of halogens is 1. The number of hydrogen-bond donors (Lipinski definition) is 2. The minimum absolute atomic E-state index is 0.187. The summed E-state index contributed by atoms with van der Waals surface area (Å²) in [5.74, 6) is 1.67. The Bertz CT molecular complexity index is 980. The molecule has 2 amide bonds. The van der Waals surface area contributed by atoms with E-state index < -0.39 is 6.03 Å². The van der Waals surface area contributed by atoms with E-state index in [1.165, 1.54) is 11.3 Å². The first-order chi connectivity index (χ1) is 14.1. The van der Waals surface area contributed by atoms with Crippen molar-refractivity contribution in [1.29, 1.82) is 0 Å². The fraction of sp³-hybridized carbons (Fsp3) is 0.158. The first-order valence-corrected chi connectivity index (χ1v) is 9.11. The summed E-state index contributed by atoms with van der Waals surface area (Å²) in [5, 5.41) is 20.0. The van der Waals surface area contributed by atoms with Crippen LogP contribution in [0.2, 0.25) is 5.02 Å². The second-order valence-corrected chi connectivity index (χ2v) is 6.35. The molecule has 0 saturated carbocycles. The van der Waals surface area contributed by atoms with Gasteiger partial charge in [-0.2, -0.15) is 0 Å². The number of nitrogens with one attached hydrogen (secondary N) is 2. The van der Waals surface area contributed by atoms with Crippen molar-refractivity contribution in [1.82, 2.24) is 25.1 Å². The van der Waals surface area contributed by atoms with Crippen LogP contribution in [0.3, 0.4) is 0 Å². The van der Waals surface area contributed by atoms with Gasteiger partial charge in [-0.3, -0.25) is 4.57 Å². The standard InChI is InChI=1S/C19H20ClN7O2/c1-3-10-27(19(28)23-16-8-6-15(20)7-9-16)25-18(26-13-22-24-14(26)2)21-12-17-5-4-11-29-17/h3-9,11,13H,1,10,12H2,2H3,(H,21,25)(H,23,28). The maximum Gasteiger partial charge on any atom is 0.342 e. The third-order valence-electron chi connectivity index (χ3n) is 3.79. The summed E-state index contributed by atoms with van der Waals surface area (Å²) >= 11 is 5.89. The maximum atomic E-state index is 12.8. The van der Waals surface area contributed by atoms with Crippen LogP contribution in [0.4, 0.5) is 10.5 Å². The number of anilines is 1. The van der Waals surface area contributed by atoms with Gasteiger partial charge >= 0.3 is 6.03 Å². The van der Waals surface area contributed by atoms with E-state index in [-0.39, 0.29) is 6.54 Å². The number of benzene rings is 1. The second-order valence-electron chi connectivity index (χ2n) is 5.91. The summed E-state index contributed by atoms with van der Waals surface area (Å²) in [6, 6.07) is 9.98. The Kier molecular flexibility index (Phi) is 6.64. The molecule has 29 heavy (non-hydrogen) atoms. The lowest BCUT2D eigenvalue weighted by molar-refractivity contribution is 0.219. The lowest BCUT2D eigenvalue weighted by Gasteiger charge is -2.19. The summed E-state index contributed by atoms with van der Waals surface area (Å²) < 4.78 is 6.98. The van der Waals surface area contributed by atoms with E-state index in [2.05, 4.69) is 32.5 Å². The Hall–Kier alpha value is -3.59. The summed E-state index contributed by atoms with van der Waals surface area (Å²) in [6.45, 7) is 6.03. The number of carbonyl (C=O) groups is 1. The highest BCUT2D eigenvalue weighted by atomic mass is 35.5. The van der Waals surface area contributed by atoms with Gasteiger partial charge in [-0.25, -0.2) is 9.80 Å². The van der Waals surface area contributed by atoms with Crippen LogP contribution in [0, 0.1) is 6.92 Å². The number of hydrazone groups is 1. The van der Waals surface area contributed by atoms with Gasteiger partial charge in [0.05, 0.1) is 19.4 Å². The highest BCUT2D eigenvalue weighted by Gasteiger charge is 2.16. The van der Waals surface area contributed by atoms with E-state index in [1.807, 2.05) is 6.07 Å². The third kappa shape index (κ3) is 5.45. The van der Waals surface area contributed by atoms with E-state index in [0.717, 1.165) is 0 Å². The molecule has 0 aliphatic carbocycles. The molecule has 0 saturated heterocycles. The van der Waals surface area contributed by atoms with Gasteiger partial charge in [0.15, 0.2) is 0 Å². The average molecular weight is 414 g/mol. The Morgan fingerprint density at radius 3 is 2.79 bits per heavy atom. The van der Waals surface area contributed by atoms with Crippen molar-refractivity contribution in [3.05, 3.63) is 78.3 Å². The Labute approximate surface area is 172 Å². The largest absolute Gasteiger partial charge is 0.467 e. The minimum Gasteiger partial charge on any atom is -0.467 e. The van der Waals surface area contributed by atoms with Crippen molar-refractivity contribution in [3.8, 4) is 0 Å². The fourth-order valence-electron chi connectivity index (χ4n) is 2.38. The van der Waals surface area contributed by atoms with Crippen LogP contribution in [-0.4, -0.2) is 38.3 Å². The van der Waals surface area contributed by atoms with Gasteiger partial charge in [0.2, 0.25) is 5.96 Å². The number of aryl methyl sites for hydroxylation is 1. The van der Waals surface area contributed by atoms with Gasteiger partial charge in [-0.1, -0.05) is 17.7 Å². The number of nitrogens with zero attached hydrogens (tertiary/aromatic N) is 5. The number of aromatic nitrogens is 3. The molecule has 0 unspecified atom stereocenters. The van der Waals surface area contributed by atoms with Crippen molar-refractivity contribution in [2.24, 2.45) is 5.10 Å². The molecule has 3 aromatic rings. The predicted octanol–water partition coefficient (Wildman–Crippen LogP) is 3.46. The highest BCUT2D eigenvalue weighted by Crippen LogP contribution is 2.14. The zero-order valence-electron chi connectivity index (χ0n) is 15.7. The molecular weight excluding hydrogens is 394 g/mol. The van der Waals surface area contributed by atoms with Crippen LogP contribution >= 0.6 is 11.6 Å². The lowest BCUT2D eigenvalue weighted by Crippen LogP contribution is -2.37. The molecule has 0 bridgehead atoms. The molecule has 0 radical (unpaired) electrons. The number of amides is 2. The molecule has 2 heterocycles. The fourth-order valence-corrected chi connectivity index (χ4v) is 2.50. The molecule has 10 heteroatoms. The molecule has 9 nitrogen and oxygen atoms in total. The number of urea groups is 1. The van der Waals surface area contributed by atoms with Crippen molar-refractivity contribution in [2.75, 3.05) is 11.9 Å². The monoisotopic (exact) mass is 413 g/mol.